The maximum atomic E-state index is 13.0. The quantitative estimate of drug-likeness (QED) is 0.0169. The second kappa shape index (κ2) is 64.9. The van der Waals surface area contributed by atoms with Crippen molar-refractivity contribution >= 4 is 39.5 Å². The highest BCUT2D eigenvalue weighted by Crippen LogP contribution is 2.45. The summed E-state index contributed by atoms with van der Waals surface area (Å²) in [6, 6.07) is 0. The van der Waals surface area contributed by atoms with Gasteiger partial charge in [-0.15, -0.1) is 0 Å². The smallest absolute Gasteiger partial charge is 0.462 e. The van der Waals surface area contributed by atoms with Crippen molar-refractivity contribution in [2.24, 2.45) is 5.92 Å². The molecule has 5 atom stereocenters. The molecule has 0 saturated carbocycles. The predicted molar refractivity (Wildman–Crippen MR) is 368 cm³/mol. The van der Waals surface area contributed by atoms with Gasteiger partial charge in [0.05, 0.1) is 26.4 Å². The van der Waals surface area contributed by atoms with Crippen molar-refractivity contribution in [3.8, 4) is 0 Å². The van der Waals surface area contributed by atoms with Crippen LogP contribution in [-0.2, 0) is 65.4 Å². The van der Waals surface area contributed by atoms with Crippen LogP contribution in [0.15, 0.2) is 24.3 Å². The fourth-order valence-corrected chi connectivity index (χ4v) is 12.0. The van der Waals surface area contributed by atoms with Gasteiger partial charge in [-0.1, -0.05) is 296 Å². The zero-order chi connectivity index (χ0) is 67.0. The van der Waals surface area contributed by atoms with Crippen molar-refractivity contribution in [2.45, 2.75) is 368 Å². The fraction of sp³-hybridized carbons (Fsp3) is 0.889. The highest BCUT2D eigenvalue weighted by atomic mass is 31.2. The summed E-state index contributed by atoms with van der Waals surface area (Å²) in [5.41, 5.74) is 0. The summed E-state index contributed by atoms with van der Waals surface area (Å²) in [6.07, 6.45) is 54.8. The van der Waals surface area contributed by atoms with Gasteiger partial charge >= 0.3 is 39.5 Å². The number of esters is 4. The first-order chi connectivity index (χ1) is 44.0. The third-order valence-corrected chi connectivity index (χ3v) is 18.1. The molecule has 0 aliphatic heterocycles. The number of ether oxygens (including phenoxy) is 4. The van der Waals surface area contributed by atoms with Gasteiger partial charge in [0, 0.05) is 25.7 Å². The molecule has 0 aliphatic rings. The van der Waals surface area contributed by atoms with Gasteiger partial charge in [-0.2, -0.15) is 0 Å². The molecule has 0 spiro atoms. The summed E-state index contributed by atoms with van der Waals surface area (Å²) in [4.78, 5) is 72.6. The number of phosphoric acid groups is 2. The normalized spacial score (nSPS) is 14.2. The molecule has 0 aliphatic carbocycles. The Morgan fingerprint density at radius 3 is 0.901 bits per heavy atom. The van der Waals surface area contributed by atoms with Crippen LogP contribution in [0.2, 0.25) is 0 Å². The van der Waals surface area contributed by atoms with Gasteiger partial charge in [0.2, 0.25) is 0 Å². The van der Waals surface area contributed by atoms with E-state index in [1.165, 1.54) is 161 Å². The van der Waals surface area contributed by atoms with Gasteiger partial charge < -0.3 is 33.8 Å². The number of aliphatic hydroxyl groups is 1. The third-order valence-electron chi connectivity index (χ3n) is 16.2. The van der Waals surface area contributed by atoms with Crippen LogP contribution in [0, 0.1) is 5.92 Å². The number of unbranched alkanes of at least 4 members (excludes halogenated alkanes) is 39. The highest BCUT2D eigenvalue weighted by Gasteiger charge is 2.30. The van der Waals surface area contributed by atoms with Crippen LogP contribution in [0.4, 0.5) is 0 Å². The molecule has 0 aromatic carbocycles. The van der Waals surface area contributed by atoms with Crippen molar-refractivity contribution in [1.29, 1.82) is 0 Å². The topological polar surface area (TPSA) is 237 Å². The number of carbonyl (C=O) groups is 4. The molecular weight excluding hydrogens is 1200 g/mol. The molecule has 17 nitrogen and oxygen atoms in total. The van der Waals surface area contributed by atoms with Crippen LogP contribution in [-0.4, -0.2) is 96.7 Å². The summed E-state index contributed by atoms with van der Waals surface area (Å²) < 4.78 is 68.3. The highest BCUT2D eigenvalue weighted by molar-refractivity contribution is 7.47. The van der Waals surface area contributed by atoms with E-state index in [2.05, 4.69) is 58.9 Å². The first-order valence-electron chi connectivity index (χ1n) is 37.0. The molecule has 19 heteroatoms. The molecule has 3 N–H and O–H groups in total. The van der Waals surface area contributed by atoms with E-state index in [1.54, 1.807) is 0 Å². The summed E-state index contributed by atoms with van der Waals surface area (Å²) in [7, 11) is -9.91. The Balaban J connectivity index is 5.29. The number of rotatable bonds is 70. The Morgan fingerprint density at radius 1 is 0.341 bits per heavy atom. The lowest BCUT2D eigenvalue weighted by atomic mass is 10.0. The average molecular weight is 1340 g/mol. The van der Waals surface area contributed by atoms with E-state index in [-0.39, 0.29) is 25.7 Å². The van der Waals surface area contributed by atoms with Crippen LogP contribution in [0.1, 0.15) is 349 Å². The molecule has 536 valence electrons. The molecule has 0 saturated heterocycles. The molecule has 0 aromatic heterocycles. The fourth-order valence-electron chi connectivity index (χ4n) is 10.5. The summed E-state index contributed by atoms with van der Waals surface area (Å²) in [5, 5.41) is 10.6. The van der Waals surface area contributed by atoms with Gasteiger partial charge in [-0.25, -0.2) is 9.13 Å². The first-order valence-corrected chi connectivity index (χ1v) is 39.9. The standard InChI is InChI=1S/C72H136O17P2/c1-6-9-12-15-18-21-24-26-28-30-32-37-42-47-52-57-71(76)88-67(62-83-70(75)56-51-46-41-36-31-29-27-25-22-19-16-13-10-7-2)63-86-90(78,79)84-59-66(73)60-85-91(80,81)87-64-68(61-82-69(74)55-50-45-40-35-23-20-17-14-11-8-3)89-72(77)58-53-48-43-38-33-34-39-44-49-54-65(4)5/h21,24,26,28,65-68,73H,6-20,22-23,25,27,29-64H2,1-5H3,(H,78,79)(H,80,81)/b24-21-,28-26-/t66-,67-,68-/m1/s1. The molecule has 0 fully saturated rings. The minimum Gasteiger partial charge on any atom is -0.462 e. The lowest BCUT2D eigenvalue weighted by Gasteiger charge is -2.21. The monoisotopic (exact) mass is 1330 g/mol. The van der Waals surface area contributed by atoms with E-state index in [9.17, 15) is 43.2 Å². The van der Waals surface area contributed by atoms with E-state index in [4.69, 9.17) is 37.0 Å². The second-order valence-corrected chi connectivity index (χ2v) is 28.7. The Kier molecular flexibility index (Phi) is 63.1. The van der Waals surface area contributed by atoms with Crippen molar-refractivity contribution in [2.75, 3.05) is 39.6 Å². The van der Waals surface area contributed by atoms with Crippen LogP contribution in [0.25, 0.3) is 0 Å². The molecule has 0 radical (unpaired) electrons. The summed E-state index contributed by atoms with van der Waals surface area (Å²) in [6.45, 7) is 7.16. The van der Waals surface area contributed by atoms with E-state index in [1.807, 2.05) is 0 Å². The van der Waals surface area contributed by atoms with Crippen LogP contribution in [0.3, 0.4) is 0 Å². The van der Waals surface area contributed by atoms with E-state index >= 15 is 0 Å². The van der Waals surface area contributed by atoms with Crippen molar-refractivity contribution in [3.63, 3.8) is 0 Å². The lowest BCUT2D eigenvalue weighted by Crippen LogP contribution is -2.30. The molecule has 0 rings (SSSR count). The van der Waals surface area contributed by atoms with Crippen LogP contribution < -0.4 is 0 Å². The van der Waals surface area contributed by atoms with Gasteiger partial charge in [0.15, 0.2) is 12.2 Å². The minimum atomic E-state index is -4.96. The zero-order valence-corrected chi connectivity index (χ0v) is 60.3. The Morgan fingerprint density at radius 2 is 0.593 bits per heavy atom. The molecule has 0 aromatic rings. The van der Waals surface area contributed by atoms with E-state index in [0.717, 1.165) is 109 Å². The maximum Gasteiger partial charge on any atom is 0.472 e. The molecule has 91 heavy (non-hydrogen) atoms. The Labute approximate surface area is 554 Å². The zero-order valence-electron chi connectivity index (χ0n) is 58.5. The maximum absolute atomic E-state index is 13.0. The average Bonchev–Trinajstić information content (AvgIpc) is 3.22. The van der Waals surface area contributed by atoms with Gasteiger partial charge in [-0.3, -0.25) is 37.3 Å². The number of aliphatic hydroxyl groups excluding tert-OH is 1. The molecule has 0 heterocycles. The Hall–Kier alpha value is -2.46. The van der Waals surface area contributed by atoms with Crippen LogP contribution in [0.5, 0.6) is 0 Å². The Bertz CT molecular complexity index is 1850. The number of hydrogen-bond donors (Lipinski definition) is 3. The van der Waals surface area contributed by atoms with Crippen molar-refractivity contribution in [1.82, 2.24) is 0 Å². The second-order valence-electron chi connectivity index (χ2n) is 25.8. The van der Waals surface area contributed by atoms with Gasteiger partial charge in [0.1, 0.15) is 19.3 Å². The number of allylic oxidation sites excluding steroid dienone is 4. The summed E-state index contributed by atoms with van der Waals surface area (Å²) >= 11 is 0. The minimum absolute atomic E-state index is 0.0855. The number of phosphoric ester groups is 2. The van der Waals surface area contributed by atoms with Crippen molar-refractivity contribution in [3.05, 3.63) is 24.3 Å². The van der Waals surface area contributed by atoms with Gasteiger partial charge in [0.25, 0.3) is 0 Å². The lowest BCUT2D eigenvalue weighted by molar-refractivity contribution is -0.161. The molecule has 0 bridgehead atoms. The van der Waals surface area contributed by atoms with E-state index < -0.39 is 97.5 Å². The number of hydrogen-bond acceptors (Lipinski definition) is 15. The van der Waals surface area contributed by atoms with Crippen LogP contribution >= 0.6 is 15.6 Å². The predicted octanol–water partition coefficient (Wildman–Crippen LogP) is 20.5. The van der Waals surface area contributed by atoms with E-state index in [0.29, 0.717) is 25.7 Å². The molecule has 2 unspecified atom stereocenters. The largest absolute Gasteiger partial charge is 0.472 e. The molecular formula is C72H136O17P2. The molecule has 0 amide bonds. The summed E-state index contributed by atoms with van der Waals surface area (Å²) in [5.74, 6) is -1.42. The number of carbonyl (C=O) groups excluding carboxylic acids is 4. The SMILES string of the molecule is CCCCCC/C=C\C=C/CCCCCCCC(=O)O[C@H](COC(=O)CCCCCCCCCCCCCCCC)COP(=O)(O)OC[C@@H](O)COP(=O)(O)OC[C@@H](COC(=O)CCCCCCCCCCCC)OC(=O)CCCCCCCCCCCC(C)C. The first kappa shape index (κ1) is 88.5. The third kappa shape index (κ3) is 66.0. The van der Waals surface area contributed by atoms with Crippen molar-refractivity contribution < 1.29 is 80.2 Å². The van der Waals surface area contributed by atoms with Gasteiger partial charge in [-0.05, 0) is 57.3 Å².